The SMILES string of the molecule is Cc1cc(-n2nc3c(c2-n2ccn(-c4ccc5c(cnn5C)c4F)c2=O)[C@H](C)N(C(=O)c2cc4cc([C@H]5CCOC(C)(C)C5)ccc4n2[C@@]2(c4noc(=O)[nH]4)C[C@@H]2C)c2cocc2-3)cc(C)c1F. The number of halogens is 2. The smallest absolute Gasteiger partial charge is 0.438 e. The standard InChI is InChI=1S/C50H46F2N10O6/c1-25-16-32(17-26(2)41(25)51)62-44(59-14-13-58(48(59)65)37-11-10-36-33(42(37)52)22-53-57(36)7)40-28(4)60(39-24-66-23-34(39)43(40)55-62)45(63)38-19-31-18-29(30-12-15-67-49(5,6)21-30)8-9-35(31)61(38)50(20-27(50)3)46-54-47(64)68-56-46/h8-11,13-14,16-19,22-24,27-28,30H,12,15,20-21H2,1-7H3,(H,54,56,64)/t27-,28-,30-,50-/m0/s1. The molecule has 6 aromatic heterocycles. The number of anilines is 1. The number of furan rings is 1. The van der Waals surface area contributed by atoms with Crippen molar-refractivity contribution in [2.45, 2.75) is 83.9 Å². The van der Waals surface area contributed by atoms with E-state index >= 15 is 13.6 Å². The van der Waals surface area contributed by atoms with Gasteiger partial charge in [0.25, 0.3) is 5.91 Å². The number of nitrogens with one attached hydrogen (secondary N) is 1. The van der Waals surface area contributed by atoms with Gasteiger partial charge in [0.15, 0.2) is 17.5 Å². The maximum absolute atomic E-state index is 16.3. The molecule has 16 nitrogen and oxygen atoms in total. The highest BCUT2D eigenvalue weighted by atomic mass is 19.1. The fourth-order valence-electron chi connectivity index (χ4n) is 11.1. The highest BCUT2D eigenvalue weighted by Crippen LogP contribution is 2.57. The predicted octanol–water partition coefficient (Wildman–Crippen LogP) is 8.66. The van der Waals surface area contributed by atoms with Crippen molar-refractivity contribution in [3.8, 4) is 28.5 Å². The Morgan fingerprint density at radius 1 is 0.912 bits per heavy atom. The van der Waals surface area contributed by atoms with E-state index in [4.69, 9.17) is 18.8 Å². The summed E-state index contributed by atoms with van der Waals surface area (Å²) in [6.45, 7) is 12.0. The molecule has 346 valence electrons. The van der Waals surface area contributed by atoms with Crippen molar-refractivity contribution in [1.29, 1.82) is 0 Å². The number of hydrogen-bond acceptors (Lipinski definition) is 9. The molecule has 1 aliphatic carbocycles. The molecule has 3 aromatic carbocycles. The number of nitrogens with zero attached hydrogens (tertiary/aromatic N) is 9. The number of carbonyl (C=O) groups is 1. The van der Waals surface area contributed by atoms with E-state index in [0.29, 0.717) is 69.4 Å². The van der Waals surface area contributed by atoms with Crippen LogP contribution in [0.15, 0.2) is 98.2 Å². The number of aromatic nitrogens is 9. The van der Waals surface area contributed by atoms with Gasteiger partial charge in [-0.1, -0.05) is 18.1 Å². The summed E-state index contributed by atoms with van der Waals surface area (Å²) in [4.78, 5) is 47.8. The molecule has 4 atom stereocenters. The van der Waals surface area contributed by atoms with Gasteiger partial charge in [0.1, 0.15) is 35.3 Å². The topological polar surface area (TPSA) is 169 Å². The van der Waals surface area contributed by atoms with Crippen molar-refractivity contribution < 1.29 is 27.3 Å². The van der Waals surface area contributed by atoms with Crippen LogP contribution in [0.2, 0.25) is 0 Å². The maximum atomic E-state index is 16.3. The number of ether oxygens (including phenoxy) is 1. The number of carbonyl (C=O) groups excluding carboxylic acids is 1. The van der Waals surface area contributed by atoms with Gasteiger partial charge in [-0.2, -0.15) is 10.2 Å². The molecular formula is C50H46F2N10O6. The van der Waals surface area contributed by atoms with Crippen LogP contribution in [-0.4, -0.2) is 61.5 Å². The predicted molar refractivity (Wildman–Crippen MR) is 247 cm³/mol. The van der Waals surface area contributed by atoms with Crippen molar-refractivity contribution in [2.75, 3.05) is 11.5 Å². The van der Waals surface area contributed by atoms with Crippen LogP contribution in [0.5, 0.6) is 0 Å². The maximum Gasteiger partial charge on any atom is 0.438 e. The number of imidazole rings is 1. The van der Waals surface area contributed by atoms with Gasteiger partial charge in [-0.05, 0) is 125 Å². The van der Waals surface area contributed by atoms with E-state index < -0.39 is 34.8 Å². The van der Waals surface area contributed by atoms with Crippen LogP contribution in [0.4, 0.5) is 14.5 Å². The summed E-state index contributed by atoms with van der Waals surface area (Å²) in [5, 5.41) is 14.6. The first-order chi connectivity index (χ1) is 32.6. The highest BCUT2D eigenvalue weighted by Gasteiger charge is 2.59. The average Bonchev–Trinajstić information content (AvgIpc) is 4.06. The van der Waals surface area contributed by atoms with E-state index in [1.54, 1.807) is 53.4 Å². The first-order valence-corrected chi connectivity index (χ1v) is 22.6. The van der Waals surface area contributed by atoms with Crippen molar-refractivity contribution in [2.24, 2.45) is 13.0 Å². The van der Waals surface area contributed by atoms with E-state index in [2.05, 4.69) is 41.2 Å². The van der Waals surface area contributed by atoms with E-state index in [9.17, 15) is 9.59 Å². The number of H-pyrrole nitrogens is 1. The number of amides is 1. The molecule has 0 unspecified atom stereocenters. The van der Waals surface area contributed by atoms with E-state index in [1.807, 2.05) is 30.5 Å². The second-order valence-corrected chi connectivity index (χ2v) is 19.3. The first-order valence-electron chi connectivity index (χ1n) is 22.6. The Hall–Kier alpha value is -7.60. The largest absolute Gasteiger partial charge is 0.470 e. The van der Waals surface area contributed by atoms with Crippen molar-refractivity contribution in [3.63, 3.8) is 0 Å². The van der Waals surface area contributed by atoms with Crippen LogP contribution in [0.3, 0.4) is 0 Å². The fourth-order valence-corrected chi connectivity index (χ4v) is 11.1. The van der Waals surface area contributed by atoms with Gasteiger partial charge in [0, 0.05) is 42.5 Å². The van der Waals surface area contributed by atoms with Crippen LogP contribution in [0, 0.1) is 31.4 Å². The van der Waals surface area contributed by atoms with Gasteiger partial charge in [0.05, 0.1) is 51.4 Å². The Morgan fingerprint density at radius 3 is 2.38 bits per heavy atom. The van der Waals surface area contributed by atoms with Crippen molar-refractivity contribution >= 4 is 33.4 Å². The number of aromatic amines is 1. The number of aryl methyl sites for hydroxylation is 3. The molecule has 0 spiro atoms. The van der Waals surface area contributed by atoms with Gasteiger partial charge >= 0.3 is 11.4 Å². The lowest BCUT2D eigenvalue weighted by Gasteiger charge is -2.35. The Bertz CT molecular complexity index is 3680. The monoisotopic (exact) mass is 920 g/mol. The second-order valence-electron chi connectivity index (χ2n) is 19.3. The Morgan fingerprint density at radius 2 is 1.66 bits per heavy atom. The molecule has 9 aromatic rings. The lowest BCUT2D eigenvalue weighted by Crippen LogP contribution is -2.39. The van der Waals surface area contributed by atoms with E-state index in [0.717, 1.165) is 29.3 Å². The van der Waals surface area contributed by atoms with E-state index in [1.165, 1.54) is 46.3 Å². The van der Waals surface area contributed by atoms with Crippen molar-refractivity contribution in [3.05, 3.63) is 146 Å². The first kappa shape index (κ1) is 41.8. The molecule has 1 saturated carbocycles. The summed E-state index contributed by atoms with van der Waals surface area (Å²) in [7, 11) is 1.71. The van der Waals surface area contributed by atoms with Gasteiger partial charge in [-0.25, -0.2) is 23.1 Å². The summed E-state index contributed by atoms with van der Waals surface area (Å²) in [5.41, 5.74) is 3.96. The quantitative estimate of drug-likeness (QED) is 0.164. The molecule has 2 fully saturated rings. The molecule has 1 amide bonds. The number of rotatable bonds is 7. The van der Waals surface area contributed by atoms with Crippen molar-refractivity contribution in [1.82, 2.24) is 43.4 Å². The summed E-state index contributed by atoms with van der Waals surface area (Å²) in [5.74, 6) is -1.36. The van der Waals surface area contributed by atoms with E-state index in [-0.39, 0.29) is 40.1 Å². The molecular weight excluding hydrogens is 875 g/mol. The zero-order valence-corrected chi connectivity index (χ0v) is 38.3. The second kappa shape index (κ2) is 14.5. The summed E-state index contributed by atoms with van der Waals surface area (Å²) in [6.07, 6.45) is 9.68. The fraction of sp³-hybridized carbons (Fsp3) is 0.320. The molecule has 0 bridgehead atoms. The van der Waals surface area contributed by atoms with Gasteiger partial charge in [0.2, 0.25) is 0 Å². The molecule has 18 heteroatoms. The minimum Gasteiger partial charge on any atom is -0.470 e. The lowest BCUT2D eigenvalue weighted by molar-refractivity contribution is -0.0592. The molecule has 3 aliphatic rings. The Kier molecular flexibility index (Phi) is 8.88. The third-order valence-electron chi connectivity index (χ3n) is 14.6. The third-order valence-corrected chi connectivity index (χ3v) is 14.6. The third kappa shape index (κ3) is 5.91. The molecule has 68 heavy (non-hydrogen) atoms. The Labute approximate surface area is 385 Å². The highest BCUT2D eigenvalue weighted by molar-refractivity contribution is 6.11. The summed E-state index contributed by atoms with van der Waals surface area (Å²) < 4.78 is 56.2. The van der Waals surface area contributed by atoms with Crippen LogP contribution < -0.4 is 16.3 Å². The number of benzene rings is 3. The molecule has 2 aliphatic heterocycles. The normalized spacial score (nSPS) is 20.9. The number of hydrogen-bond donors (Lipinski definition) is 1. The van der Waals surface area contributed by atoms with Crippen LogP contribution in [0.1, 0.15) is 97.5 Å². The summed E-state index contributed by atoms with van der Waals surface area (Å²) in [6, 6.07) is 13.9. The molecule has 0 radical (unpaired) electrons. The average molecular weight is 921 g/mol. The molecule has 1 N–H and O–H groups in total. The Balaban J connectivity index is 1.06. The lowest BCUT2D eigenvalue weighted by atomic mass is 9.83. The van der Waals surface area contributed by atoms with Gasteiger partial charge in [-0.3, -0.25) is 33.0 Å². The van der Waals surface area contributed by atoms with Crippen LogP contribution >= 0.6 is 0 Å². The number of fused-ring (bicyclic) bond motifs is 5. The van der Waals surface area contributed by atoms with Crippen LogP contribution in [0.25, 0.3) is 50.3 Å². The minimum atomic E-state index is -0.927. The molecule has 12 rings (SSSR count). The summed E-state index contributed by atoms with van der Waals surface area (Å²) >= 11 is 0. The molecule has 1 saturated heterocycles. The zero-order chi connectivity index (χ0) is 47.3. The zero-order valence-electron chi connectivity index (χ0n) is 38.3. The molecule has 8 heterocycles. The van der Waals surface area contributed by atoms with Crippen LogP contribution in [-0.2, 0) is 17.3 Å². The van der Waals surface area contributed by atoms with Gasteiger partial charge < -0.3 is 13.7 Å². The minimum absolute atomic E-state index is 0.0119. The van der Waals surface area contributed by atoms with Gasteiger partial charge in [-0.15, -0.1) is 0 Å².